The Labute approximate surface area is 138 Å². The second-order valence-corrected chi connectivity index (χ2v) is 5.97. The maximum absolute atomic E-state index is 12.8. The number of hydrogen-bond donors (Lipinski definition) is 0. The van der Waals surface area contributed by atoms with Gasteiger partial charge in [-0.25, -0.2) is 0 Å². The van der Waals surface area contributed by atoms with E-state index < -0.39 is 6.04 Å². The third-order valence-corrected chi connectivity index (χ3v) is 4.32. The van der Waals surface area contributed by atoms with Crippen molar-refractivity contribution in [1.29, 1.82) is 0 Å². The third kappa shape index (κ3) is 3.72. The summed E-state index contributed by atoms with van der Waals surface area (Å²) < 4.78 is 5.31. The topological polar surface area (TPSA) is 49.9 Å². The lowest BCUT2D eigenvalue weighted by molar-refractivity contribution is -0.137. The summed E-state index contributed by atoms with van der Waals surface area (Å²) in [4.78, 5) is 28.9. The first-order chi connectivity index (χ1) is 11.0. The number of rotatable bonds is 4. The average molecular weight is 318 g/mol. The van der Waals surface area contributed by atoms with Gasteiger partial charge in [0.2, 0.25) is 11.8 Å². The van der Waals surface area contributed by atoms with E-state index in [0.29, 0.717) is 32.7 Å². The number of anilines is 1. The standard InChI is InChI=1S/C18H26N2O3/c1-5-16(21)20(17-13(2)7-6-8-14(17)3)15(4)18(22)19-9-11-23-12-10-19/h6-8,15H,5,9-12H2,1-4H3. The molecule has 1 atom stereocenters. The molecule has 1 aromatic carbocycles. The maximum Gasteiger partial charge on any atom is 0.245 e. The van der Waals surface area contributed by atoms with Gasteiger partial charge >= 0.3 is 0 Å². The second kappa shape index (κ2) is 7.59. The van der Waals surface area contributed by atoms with Crippen LogP contribution in [0.5, 0.6) is 0 Å². The Kier molecular flexibility index (Phi) is 5.77. The van der Waals surface area contributed by atoms with Crippen LogP contribution in [0.1, 0.15) is 31.4 Å². The van der Waals surface area contributed by atoms with Crippen molar-refractivity contribution < 1.29 is 14.3 Å². The summed E-state index contributed by atoms with van der Waals surface area (Å²) in [6.07, 6.45) is 0.370. The number of nitrogens with zero attached hydrogens (tertiary/aromatic N) is 2. The average Bonchev–Trinajstić information content (AvgIpc) is 2.57. The SMILES string of the molecule is CCC(=O)N(c1c(C)cccc1C)C(C)C(=O)N1CCOCC1. The molecule has 1 fully saturated rings. The molecule has 2 rings (SSSR count). The van der Waals surface area contributed by atoms with Crippen molar-refractivity contribution in [3.63, 3.8) is 0 Å². The first-order valence-corrected chi connectivity index (χ1v) is 8.22. The summed E-state index contributed by atoms with van der Waals surface area (Å²) in [6.45, 7) is 9.89. The van der Waals surface area contributed by atoms with Gasteiger partial charge < -0.3 is 9.64 Å². The van der Waals surface area contributed by atoms with Crippen LogP contribution in [0, 0.1) is 13.8 Å². The molecule has 0 N–H and O–H groups in total. The molecule has 0 bridgehead atoms. The smallest absolute Gasteiger partial charge is 0.245 e. The molecule has 126 valence electrons. The number of amides is 2. The van der Waals surface area contributed by atoms with Crippen LogP contribution in [0.3, 0.4) is 0 Å². The van der Waals surface area contributed by atoms with Gasteiger partial charge in [0.25, 0.3) is 0 Å². The van der Waals surface area contributed by atoms with Crippen LogP contribution in [0.4, 0.5) is 5.69 Å². The van der Waals surface area contributed by atoms with Crippen LogP contribution in [-0.4, -0.2) is 49.1 Å². The molecule has 1 aliphatic heterocycles. The molecule has 1 saturated heterocycles. The summed E-state index contributed by atoms with van der Waals surface area (Å²) in [6, 6.07) is 5.41. The normalized spacial score (nSPS) is 16.1. The van der Waals surface area contributed by atoms with Gasteiger partial charge in [0.05, 0.1) is 18.9 Å². The Morgan fingerprint density at radius 2 is 1.78 bits per heavy atom. The van der Waals surface area contributed by atoms with Crippen LogP contribution in [0.2, 0.25) is 0 Å². The van der Waals surface area contributed by atoms with Crippen LogP contribution in [-0.2, 0) is 14.3 Å². The molecule has 5 nitrogen and oxygen atoms in total. The fraction of sp³-hybridized carbons (Fsp3) is 0.556. The Morgan fingerprint density at radius 3 is 2.30 bits per heavy atom. The minimum absolute atomic E-state index is 0.0160. The minimum atomic E-state index is -0.514. The van der Waals surface area contributed by atoms with Crippen LogP contribution >= 0.6 is 0 Å². The zero-order valence-electron chi connectivity index (χ0n) is 14.5. The van der Waals surface area contributed by atoms with Crippen molar-refractivity contribution in [2.24, 2.45) is 0 Å². The number of aryl methyl sites for hydroxylation is 2. The highest BCUT2D eigenvalue weighted by atomic mass is 16.5. The quantitative estimate of drug-likeness (QED) is 0.856. The monoisotopic (exact) mass is 318 g/mol. The predicted molar refractivity (Wildman–Crippen MR) is 90.6 cm³/mol. The Balaban J connectivity index is 2.34. The molecule has 23 heavy (non-hydrogen) atoms. The molecular formula is C18H26N2O3. The van der Waals surface area contributed by atoms with Crippen LogP contribution < -0.4 is 4.90 Å². The minimum Gasteiger partial charge on any atom is -0.378 e. The van der Waals surface area contributed by atoms with E-state index in [2.05, 4.69) is 0 Å². The zero-order chi connectivity index (χ0) is 17.0. The van der Waals surface area contributed by atoms with Gasteiger partial charge in [-0.05, 0) is 31.9 Å². The van der Waals surface area contributed by atoms with Gasteiger partial charge in [-0.3, -0.25) is 14.5 Å². The van der Waals surface area contributed by atoms with Gasteiger partial charge in [0, 0.05) is 19.5 Å². The second-order valence-electron chi connectivity index (χ2n) is 5.97. The summed E-state index contributed by atoms with van der Waals surface area (Å²) in [5.74, 6) is -0.0470. The largest absolute Gasteiger partial charge is 0.378 e. The fourth-order valence-electron chi connectivity index (χ4n) is 3.05. The summed E-state index contributed by atoms with van der Waals surface area (Å²) in [5.41, 5.74) is 2.87. The lowest BCUT2D eigenvalue weighted by atomic mass is 10.0. The van der Waals surface area contributed by atoms with E-state index in [-0.39, 0.29) is 11.8 Å². The highest BCUT2D eigenvalue weighted by molar-refractivity contribution is 6.01. The first kappa shape index (κ1) is 17.5. The zero-order valence-corrected chi connectivity index (χ0v) is 14.5. The molecule has 1 unspecified atom stereocenters. The van der Waals surface area contributed by atoms with E-state index in [1.54, 1.807) is 9.80 Å². The molecular weight excluding hydrogens is 292 g/mol. The van der Waals surface area contributed by atoms with Crippen molar-refractivity contribution in [2.75, 3.05) is 31.2 Å². The Morgan fingerprint density at radius 1 is 1.22 bits per heavy atom. The van der Waals surface area contributed by atoms with E-state index in [4.69, 9.17) is 4.74 Å². The highest BCUT2D eigenvalue weighted by Gasteiger charge is 2.32. The molecule has 0 spiro atoms. The van der Waals surface area contributed by atoms with Crippen molar-refractivity contribution in [2.45, 2.75) is 40.2 Å². The van der Waals surface area contributed by atoms with E-state index in [0.717, 1.165) is 16.8 Å². The molecule has 1 heterocycles. The molecule has 1 aromatic rings. The number of benzene rings is 1. The predicted octanol–water partition coefficient (Wildman–Crippen LogP) is 2.29. The summed E-state index contributed by atoms with van der Waals surface area (Å²) in [7, 11) is 0. The lowest BCUT2D eigenvalue weighted by Gasteiger charge is -2.35. The maximum atomic E-state index is 12.8. The van der Waals surface area contributed by atoms with Gasteiger partial charge in [0.15, 0.2) is 0 Å². The number of ether oxygens (including phenoxy) is 1. The number of carbonyl (C=O) groups is 2. The first-order valence-electron chi connectivity index (χ1n) is 8.22. The number of hydrogen-bond acceptors (Lipinski definition) is 3. The van der Waals surface area contributed by atoms with Crippen molar-refractivity contribution in [3.8, 4) is 0 Å². The molecule has 0 aliphatic carbocycles. The summed E-state index contributed by atoms with van der Waals surface area (Å²) in [5, 5.41) is 0. The number of para-hydroxylation sites is 1. The van der Waals surface area contributed by atoms with E-state index in [1.165, 1.54) is 0 Å². The fourth-order valence-corrected chi connectivity index (χ4v) is 3.05. The number of morpholine rings is 1. The van der Waals surface area contributed by atoms with Crippen LogP contribution in [0.15, 0.2) is 18.2 Å². The van der Waals surface area contributed by atoms with Crippen molar-refractivity contribution >= 4 is 17.5 Å². The van der Waals surface area contributed by atoms with Gasteiger partial charge in [-0.15, -0.1) is 0 Å². The molecule has 0 aromatic heterocycles. The Hall–Kier alpha value is -1.88. The van der Waals surface area contributed by atoms with Crippen molar-refractivity contribution in [3.05, 3.63) is 29.3 Å². The summed E-state index contributed by atoms with van der Waals surface area (Å²) >= 11 is 0. The van der Waals surface area contributed by atoms with E-state index in [1.807, 2.05) is 45.9 Å². The van der Waals surface area contributed by atoms with Gasteiger partial charge in [-0.2, -0.15) is 0 Å². The third-order valence-electron chi connectivity index (χ3n) is 4.32. The lowest BCUT2D eigenvalue weighted by Crippen LogP contribution is -2.52. The van der Waals surface area contributed by atoms with Gasteiger partial charge in [0.1, 0.15) is 6.04 Å². The molecule has 0 saturated carbocycles. The molecule has 5 heteroatoms. The van der Waals surface area contributed by atoms with E-state index >= 15 is 0 Å². The Bertz CT molecular complexity index is 559. The van der Waals surface area contributed by atoms with Crippen LogP contribution in [0.25, 0.3) is 0 Å². The molecule has 1 aliphatic rings. The van der Waals surface area contributed by atoms with E-state index in [9.17, 15) is 9.59 Å². The highest BCUT2D eigenvalue weighted by Crippen LogP contribution is 2.28. The number of carbonyl (C=O) groups excluding carboxylic acids is 2. The molecule has 2 amide bonds. The van der Waals surface area contributed by atoms with Crippen molar-refractivity contribution in [1.82, 2.24) is 4.90 Å². The molecule has 0 radical (unpaired) electrons. The van der Waals surface area contributed by atoms with Gasteiger partial charge in [-0.1, -0.05) is 25.1 Å².